The maximum absolute atomic E-state index is 6.66. The van der Waals surface area contributed by atoms with Crippen molar-refractivity contribution in [1.29, 1.82) is 0 Å². The first kappa shape index (κ1) is 33.9. The molecule has 13 rings (SSSR count). The van der Waals surface area contributed by atoms with E-state index in [9.17, 15) is 0 Å². The van der Waals surface area contributed by atoms with Crippen LogP contribution in [0.4, 0.5) is 0 Å². The van der Waals surface area contributed by atoms with Crippen LogP contribution >= 0.6 is 0 Å². The third kappa shape index (κ3) is 5.14. The quantitative estimate of drug-likeness (QED) is 0.128. The highest BCUT2D eigenvalue weighted by atomic mass is 16.3. The molecular formula is C60H36O. The Morgan fingerprint density at radius 1 is 0.230 bits per heavy atom. The molecule has 13 aromatic rings. The summed E-state index contributed by atoms with van der Waals surface area (Å²) in [5, 5.41) is 17.2. The van der Waals surface area contributed by atoms with Crippen molar-refractivity contribution >= 4 is 86.6 Å². The topological polar surface area (TPSA) is 13.1 Å². The van der Waals surface area contributed by atoms with Crippen molar-refractivity contribution in [3.63, 3.8) is 0 Å². The second kappa shape index (κ2) is 13.3. The molecule has 0 radical (unpaired) electrons. The number of hydrogen-bond donors (Lipinski definition) is 0. The minimum Gasteiger partial charge on any atom is -0.456 e. The fourth-order valence-electron chi connectivity index (χ4n) is 10.3. The zero-order valence-electron chi connectivity index (χ0n) is 33.2. The van der Waals surface area contributed by atoms with Crippen molar-refractivity contribution in [2.45, 2.75) is 0 Å². The van der Waals surface area contributed by atoms with E-state index in [1.807, 2.05) is 0 Å². The molecule has 0 fully saturated rings. The summed E-state index contributed by atoms with van der Waals surface area (Å²) in [5.74, 6) is 0. The summed E-state index contributed by atoms with van der Waals surface area (Å²) in [7, 11) is 0. The zero-order chi connectivity index (χ0) is 40.0. The Morgan fingerprint density at radius 2 is 0.770 bits per heavy atom. The highest BCUT2D eigenvalue weighted by Gasteiger charge is 2.21. The highest BCUT2D eigenvalue weighted by Crippen LogP contribution is 2.49. The molecule has 0 bridgehead atoms. The SMILES string of the molecule is c1ccc(-c2ccc(-c3c4ccccc4c(-c4cccc5c(-c6ccc7c(c6)oc6ccc8ccccc8c67)cc6c7ccccc7ccc6c45)c4ccccc34)cc2)cc1. The van der Waals surface area contributed by atoms with Gasteiger partial charge in [-0.25, -0.2) is 0 Å². The normalized spacial score (nSPS) is 11.9. The van der Waals surface area contributed by atoms with Crippen LogP contribution in [0.2, 0.25) is 0 Å². The third-order valence-electron chi connectivity index (χ3n) is 13.0. The first-order valence-corrected chi connectivity index (χ1v) is 21.1. The molecule has 0 spiro atoms. The predicted octanol–water partition coefficient (Wildman–Crippen LogP) is 17.2. The Balaban J connectivity index is 1.10. The molecule has 12 aromatic carbocycles. The third-order valence-corrected chi connectivity index (χ3v) is 13.0. The van der Waals surface area contributed by atoms with Gasteiger partial charge in [-0.3, -0.25) is 0 Å². The molecule has 1 heterocycles. The van der Waals surface area contributed by atoms with Crippen LogP contribution in [0.5, 0.6) is 0 Å². The fraction of sp³-hybridized carbons (Fsp3) is 0. The Hall–Kier alpha value is -8.00. The van der Waals surface area contributed by atoms with Crippen LogP contribution in [0.15, 0.2) is 223 Å². The lowest BCUT2D eigenvalue weighted by molar-refractivity contribution is 0.669. The van der Waals surface area contributed by atoms with Crippen molar-refractivity contribution in [1.82, 2.24) is 0 Å². The van der Waals surface area contributed by atoms with Gasteiger partial charge in [0.2, 0.25) is 0 Å². The summed E-state index contributed by atoms with van der Waals surface area (Å²) in [6.45, 7) is 0. The molecule has 0 aliphatic rings. The monoisotopic (exact) mass is 772 g/mol. The van der Waals surface area contributed by atoms with E-state index in [0.29, 0.717) is 0 Å². The van der Waals surface area contributed by atoms with Gasteiger partial charge in [-0.1, -0.05) is 194 Å². The summed E-state index contributed by atoms with van der Waals surface area (Å²) >= 11 is 0. The molecular weight excluding hydrogens is 737 g/mol. The van der Waals surface area contributed by atoms with Crippen molar-refractivity contribution < 1.29 is 4.42 Å². The van der Waals surface area contributed by atoms with Gasteiger partial charge in [0.25, 0.3) is 0 Å². The van der Waals surface area contributed by atoms with Crippen LogP contribution in [0, 0.1) is 0 Å². The summed E-state index contributed by atoms with van der Waals surface area (Å²) < 4.78 is 6.66. The highest BCUT2D eigenvalue weighted by molar-refractivity contribution is 6.30. The molecule has 1 aromatic heterocycles. The van der Waals surface area contributed by atoms with E-state index in [1.165, 1.54) is 109 Å². The zero-order valence-corrected chi connectivity index (χ0v) is 33.2. The van der Waals surface area contributed by atoms with Crippen LogP contribution in [0.3, 0.4) is 0 Å². The summed E-state index contributed by atoms with van der Waals surface area (Å²) in [4.78, 5) is 0. The van der Waals surface area contributed by atoms with Gasteiger partial charge in [0.15, 0.2) is 0 Å². The molecule has 0 saturated carbocycles. The number of fused-ring (bicyclic) bond motifs is 12. The van der Waals surface area contributed by atoms with E-state index in [0.717, 1.165) is 22.1 Å². The van der Waals surface area contributed by atoms with E-state index in [4.69, 9.17) is 4.42 Å². The molecule has 0 saturated heterocycles. The first-order valence-electron chi connectivity index (χ1n) is 21.1. The second-order valence-corrected chi connectivity index (χ2v) is 16.3. The first-order chi connectivity index (χ1) is 30.3. The molecule has 282 valence electrons. The molecule has 0 aliphatic carbocycles. The Labute approximate surface area is 352 Å². The summed E-state index contributed by atoms with van der Waals surface area (Å²) in [6, 6.07) is 80.1. The number of benzene rings is 12. The molecule has 0 aliphatic heterocycles. The Morgan fingerprint density at radius 3 is 1.51 bits per heavy atom. The molecule has 1 heteroatoms. The van der Waals surface area contributed by atoms with Crippen LogP contribution in [0.1, 0.15) is 0 Å². The minimum atomic E-state index is 0.899. The van der Waals surface area contributed by atoms with Gasteiger partial charge in [0.05, 0.1) is 0 Å². The van der Waals surface area contributed by atoms with Crippen molar-refractivity contribution in [2.75, 3.05) is 0 Å². The van der Waals surface area contributed by atoms with Crippen molar-refractivity contribution in [2.24, 2.45) is 0 Å². The van der Waals surface area contributed by atoms with Crippen LogP contribution in [-0.4, -0.2) is 0 Å². The lowest BCUT2D eigenvalue weighted by Gasteiger charge is -2.21. The predicted molar refractivity (Wildman–Crippen MR) is 260 cm³/mol. The smallest absolute Gasteiger partial charge is 0.136 e. The standard InChI is InChI=1S/C60H36O/c1-2-13-37(14-3-1)38-25-27-41(28-26-38)57-45-19-8-10-21-47(45)58(48-22-11-9-20-46(48)57)52-24-12-23-49-53(36-54-43-17-6-4-15-39(43)29-32-50(54)59(49)52)42-30-33-51-56(35-42)61-55-34-31-40-16-5-7-18-44(40)60(51)55/h1-36H. The summed E-state index contributed by atoms with van der Waals surface area (Å²) in [5.41, 5.74) is 11.5. The van der Waals surface area contributed by atoms with Crippen LogP contribution in [-0.2, 0) is 0 Å². The van der Waals surface area contributed by atoms with Gasteiger partial charge in [-0.05, 0) is 133 Å². The minimum absolute atomic E-state index is 0.899. The van der Waals surface area contributed by atoms with Gasteiger partial charge in [-0.2, -0.15) is 0 Å². The largest absolute Gasteiger partial charge is 0.456 e. The lowest BCUT2D eigenvalue weighted by atomic mass is 9.82. The fourth-order valence-corrected chi connectivity index (χ4v) is 10.3. The van der Waals surface area contributed by atoms with Crippen LogP contribution in [0.25, 0.3) is 131 Å². The molecule has 0 N–H and O–H groups in total. The number of rotatable bonds is 4. The summed E-state index contributed by atoms with van der Waals surface area (Å²) in [6.07, 6.45) is 0. The van der Waals surface area contributed by atoms with Crippen LogP contribution < -0.4 is 0 Å². The van der Waals surface area contributed by atoms with E-state index < -0.39 is 0 Å². The molecule has 61 heavy (non-hydrogen) atoms. The molecule has 0 unspecified atom stereocenters. The average Bonchev–Trinajstić information content (AvgIpc) is 3.72. The van der Waals surface area contributed by atoms with E-state index in [1.54, 1.807) is 0 Å². The van der Waals surface area contributed by atoms with Gasteiger partial charge in [-0.15, -0.1) is 0 Å². The van der Waals surface area contributed by atoms with E-state index in [-0.39, 0.29) is 0 Å². The van der Waals surface area contributed by atoms with Gasteiger partial charge >= 0.3 is 0 Å². The van der Waals surface area contributed by atoms with Gasteiger partial charge < -0.3 is 4.42 Å². The number of furan rings is 1. The maximum atomic E-state index is 6.66. The van der Waals surface area contributed by atoms with E-state index >= 15 is 0 Å². The lowest BCUT2D eigenvalue weighted by Crippen LogP contribution is -1.93. The Bertz CT molecular complexity index is 3850. The van der Waals surface area contributed by atoms with Gasteiger partial charge in [0, 0.05) is 10.8 Å². The average molecular weight is 773 g/mol. The Kier molecular flexibility index (Phi) is 7.37. The second-order valence-electron chi connectivity index (χ2n) is 16.3. The van der Waals surface area contributed by atoms with Gasteiger partial charge in [0.1, 0.15) is 11.2 Å². The van der Waals surface area contributed by atoms with Crippen molar-refractivity contribution in [3.05, 3.63) is 218 Å². The molecule has 1 nitrogen and oxygen atoms in total. The molecule has 0 atom stereocenters. The van der Waals surface area contributed by atoms with E-state index in [2.05, 4.69) is 218 Å². The molecule has 0 amide bonds. The van der Waals surface area contributed by atoms with Crippen molar-refractivity contribution in [3.8, 4) is 44.5 Å². The number of hydrogen-bond acceptors (Lipinski definition) is 1. The maximum Gasteiger partial charge on any atom is 0.136 e.